The zero-order valence-corrected chi connectivity index (χ0v) is 13.8. The van der Waals surface area contributed by atoms with Crippen molar-refractivity contribution < 1.29 is 9.21 Å². The molecule has 0 spiro atoms. The van der Waals surface area contributed by atoms with E-state index < -0.39 is 0 Å². The molecule has 0 aliphatic heterocycles. The number of hydrogen-bond acceptors (Lipinski definition) is 4. The monoisotopic (exact) mass is 316 g/mol. The van der Waals surface area contributed by atoms with Crippen LogP contribution in [0.2, 0.25) is 0 Å². The van der Waals surface area contributed by atoms with Crippen LogP contribution in [0.1, 0.15) is 58.5 Å². The fraction of sp³-hybridized carbons (Fsp3) is 0.412. The Bertz CT molecular complexity index is 712. The molecule has 2 heterocycles. The van der Waals surface area contributed by atoms with E-state index >= 15 is 0 Å². The molecule has 3 rings (SSSR count). The number of carbonyl (C=O) groups excluding carboxylic acids is 1. The summed E-state index contributed by atoms with van der Waals surface area (Å²) in [4.78, 5) is 13.8. The van der Waals surface area contributed by atoms with Crippen LogP contribution in [-0.2, 0) is 12.8 Å². The topological polar surface area (TPSA) is 54.6 Å². The van der Waals surface area contributed by atoms with Gasteiger partial charge in [0.2, 0.25) is 0 Å². The summed E-state index contributed by atoms with van der Waals surface area (Å²) in [5, 5.41) is 6.22. The van der Waals surface area contributed by atoms with Crippen LogP contribution in [0.3, 0.4) is 0 Å². The van der Waals surface area contributed by atoms with Crippen LogP contribution >= 0.6 is 11.3 Å². The number of aryl methyl sites for hydroxylation is 2. The molecular formula is C17H20N2O2S. The molecule has 116 valence electrons. The third-order valence-electron chi connectivity index (χ3n) is 3.96. The molecule has 0 unspecified atom stereocenters. The van der Waals surface area contributed by atoms with Crippen molar-refractivity contribution in [2.45, 2.75) is 46.0 Å². The third-order valence-corrected chi connectivity index (χ3v) is 5.05. The van der Waals surface area contributed by atoms with E-state index in [0.717, 1.165) is 29.9 Å². The van der Waals surface area contributed by atoms with Gasteiger partial charge in [0, 0.05) is 10.3 Å². The average molecular weight is 316 g/mol. The molecule has 0 saturated carbocycles. The van der Waals surface area contributed by atoms with E-state index in [4.69, 9.17) is 4.42 Å². The SMILES string of the molecule is CCC(=NNC(=O)c1csc2c1CCCC2)c1ccc(C)o1. The lowest BCUT2D eigenvalue weighted by molar-refractivity contribution is 0.0954. The zero-order chi connectivity index (χ0) is 15.5. The second kappa shape index (κ2) is 6.48. The first-order valence-corrected chi connectivity index (χ1v) is 8.60. The Kier molecular flexibility index (Phi) is 4.43. The average Bonchev–Trinajstić information content (AvgIpc) is 3.14. The Morgan fingerprint density at radius 1 is 1.36 bits per heavy atom. The molecule has 2 aromatic heterocycles. The summed E-state index contributed by atoms with van der Waals surface area (Å²) < 4.78 is 5.57. The predicted molar refractivity (Wildman–Crippen MR) is 88.7 cm³/mol. The van der Waals surface area contributed by atoms with Gasteiger partial charge in [-0.2, -0.15) is 5.10 Å². The highest BCUT2D eigenvalue weighted by atomic mass is 32.1. The highest BCUT2D eigenvalue weighted by molar-refractivity contribution is 7.10. The van der Waals surface area contributed by atoms with E-state index in [0.29, 0.717) is 12.2 Å². The van der Waals surface area contributed by atoms with Gasteiger partial charge in [-0.15, -0.1) is 11.3 Å². The molecule has 1 N–H and O–H groups in total. The molecule has 4 nitrogen and oxygen atoms in total. The molecular weight excluding hydrogens is 296 g/mol. The molecule has 0 atom stereocenters. The predicted octanol–water partition coefficient (Wildman–Crippen LogP) is 4.07. The summed E-state index contributed by atoms with van der Waals surface area (Å²) >= 11 is 1.69. The summed E-state index contributed by atoms with van der Waals surface area (Å²) in [6.07, 6.45) is 5.20. The Morgan fingerprint density at radius 2 is 2.18 bits per heavy atom. The summed E-state index contributed by atoms with van der Waals surface area (Å²) in [6, 6.07) is 3.79. The minimum absolute atomic E-state index is 0.117. The van der Waals surface area contributed by atoms with Gasteiger partial charge in [-0.05, 0) is 56.7 Å². The fourth-order valence-electron chi connectivity index (χ4n) is 2.76. The molecule has 0 bridgehead atoms. The quantitative estimate of drug-likeness (QED) is 0.683. The first-order valence-electron chi connectivity index (χ1n) is 7.72. The van der Waals surface area contributed by atoms with Crippen molar-refractivity contribution in [3.8, 4) is 0 Å². The second-order valence-electron chi connectivity index (χ2n) is 5.52. The standard InChI is InChI=1S/C17H20N2O2S/c1-3-14(15-9-8-11(2)21-15)18-19-17(20)13-10-22-16-7-5-4-6-12(13)16/h8-10H,3-7H2,1-2H3,(H,19,20). The number of thiophene rings is 1. The van der Waals surface area contributed by atoms with Gasteiger partial charge in [0.15, 0.2) is 0 Å². The number of hydrazone groups is 1. The normalized spacial score (nSPS) is 14.7. The van der Waals surface area contributed by atoms with E-state index in [2.05, 4.69) is 10.5 Å². The molecule has 5 heteroatoms. The van der Waals surface area contributed by atoms with Crippen molar-refractivity contribution in [2.75, 3.05) is 0 Å². The largest absolute Gasteiger partial charge is 0.460 e. The summed E-state index contributed by atoms with van der Waals surface area (Å²) in [5.74, 6) is 1.44. The highest BCUT2D eigenvalue weighted by Gasteiger charge is 2.20. The van der Waals surface area contributed by atoms with Gasteiger partial charge in [0.05, 0.1) is 5.56 Å². The molecule has 1 amide bonds. The van der Waals surface area contributed by atoms with Gasteiger partial charge in [-0.25, -0.2) is 5.43 Å². The Morgan fingerprint density at radius 3 is 2.91 bits per heavy atom. The third kappa shape index (κ3) is 2.99. The smallest absolute Gasteiger partial charge is 0.272 e. The van der Waals surface area contributed by atoms with Crippen molar-refractivity contribution in [3.63, 3.8) is 0 Å². The van der Waals surface area contributed by atoms with E-state index in [1.165, 1.54) is 23.3 Å². The maximum absolute atomic E-state index is 12.4. The molecule has 1 aliphatic rings. The lowest BCUT2D eigenvalue weighted by Gasteiger charge is -2.12. The molecule has 22 heavy (non-hydrogen) atoms. The molecule has 0 aromatic carbocycles. The van der Waals surface area contributed by atoms with Gasteiger partial charge >= 0.3 is 0 Å². The van der Waals surface area contributed by atoms with Crippen LogP contribution in [0.5, 0.6) is 0 Å². The number of hydrogen-bond donors (Lipinski definition) is 1. The second-order valence-corrected chi connectivity index (χ2v) is 6.49. The number of fused-ring (bicyclic) bond motifs is 1. The number of amides is 1. The zero-order valence-electron chi connectivity index (χ0n) is 12.9. The Labute approximate surface area is 134 Å². The van der Waals surface area contributed by atoms with Crippen LogP contribution in [-0.4, -0.2) is 11.6 Å². The van der Waals surface area contributed by atoms with Crippen LogP contribution in [0.4, 0.5) is 0 Å². The lowest BCUT2D eigenvalue weighted by Crippen LogP contribution is -2.21. The Balaban J connectivity index is 1.76. The summed E-state index contributed by atoms with van der Waals surface area (Å²) in [5.41, 5.74) is 5.45. The van der Waals surface area contributed by atoms with Crippen LogP contribution in [0, 0.1) is 6.92 Å². The number of carbonyl (C=O) groups is 1. The van der Waals surface area contributed by atoms with E-state index in [9.17, 15) is 4.79 Å². The molecule has 1 aliphatic carbocycles. The number of nitrogens with one attached hydrogen (secondary N) is 1. The van der Waals surface area contributed by atoms with E-state index in [1.54, 1.807) is 11.3 Å². The maximum Gasteiger partial charge on any atom is 0.272 e. The number of furan rings is 1. The van der Waals surface area contributed by atoms with Crippen LogP contribution in [0.15, 0.2) is 27.0 Å². The van der Waals surface area contributed by atoms with Gasteiger partial charge in [0.25, 0.3) is 5.91 Å². The number of rotatable bonds is 4. The summed E-state index contributed by atoms with van der Waals surface area (Å²) in [6.45, 7) is 3.89. The van der Waals surface area contributed by atoms with Gasteiger partial charge in [-0.3, -0.25) is 4.79 Å². The van der Waals surface area contributed by atoms with Gasteiger partial charge in [0.1, 0.15) is 17.2 Å². The van der Waals surface area contributed by atoms with Crippen LogP contribution < -0.4 is 5.43 Å². The lowest BCUT2D eigenvalue weighted by atomic mass is 9.96. The maximum atomic E-state index is 12.4. The molecule has 0 radical (unpaired) electrons. The van der Waals surface area contributed by atoms with Crippen molar-refractivity contribution in [1.82, 2.24) is 5.43 Å². The highest BCUT2D eigenvalue weighted by Crippen LogP contribution is 2.30. The minimum Gasteiger partial charge on any atom is -0.460 e. The molecule has 0 fully saturated rings. The van der Waals surface area contributed by atoms with Gasteiger partial charge in [-0.1, -0.05) is 6.92 Å². The van der Waals surface area contributed by atoms with Crippen molar-refractivity contribution >= 4 is 23.0 Å². The van der Waals surface area contributed by atoms with Crippen molar-refractivity contribution in [1.29, 1.82) is 0 Å². The first kappa shape index (κ1) is 15.0. The van der Waals surface area contributed by atoms with Crippen LogP contribution in [0.25, 0.3) is 0 Å². The van der Waals surface area contributed by atoms with Crippen molar-refractivity contribution in [2.24, 2.45) is 5.10 Å². The van der Waals surface area contributed by atoms with E-state index in [1.807, 2.05) is 31.4 Å². The van der Waals surface area contributed by atoms with Crippen molar-refractivity contribution in [3.05, 3.63) is 45.0 Å². The number of nitrogens with zero attached hydrogens (tertiary/aromatic N) is 1. The Hall–Kier alpha value is -1.88. The van der Waals surface area contributed by atoms with Gasteiger partial charge < -0.3 is 4.42 Å². The molecule has 0 saturated heterocycles. The molecule has 2 aromatic rings. The summed E-state index contributed by atoms with van der Waals surface area (Å²) in [7, 11) is 0. The first-order chi connectivity index (χ1) is 10.7. The minimum atomic E-state index is -0.117. The van der Waals surface area contributed by atoms with E-state index in [-0.39, 0.29) is 5.91 Å². The fourth-order valence-corrected chi connectivity index (χ4v) is 3.89.